The Morgan fingerprint density at radius 3 is 2.82 bits per heavy atom. The van der Waals surface area contributed by atoms with Gasteiger partial charge in [0.05, 0.1) is 11.7 Å². The number of amides is 1. The predicted molar refractivity (Wildman–Crippen MR) is 73.1 cm³/mol. The van der Waals surface area contributed by atoms with Crippen molar-refractivity contribution in [3.8, 4) is 0 Å². The fourth-order valence-corrected chi connectivity index (χ4v) is 3.14. The molecule has 17 heavy (non-hydrogen) atoms. The van der Waals surface area contributed by atoms with Gasteiger partial charge in [0.25, 0.3) is 0 Å². The highest BCUT2D eigenvalue weighted by molar-refractivity contribution is 7.98. The zero-order valence-corrected chi connectivity index (χ0v) is 11.8. The summed E-state index contributed by atoms with van der Waals surface area (Å²) >= 11 is 1.89. The van der Waals surface area contributed by atoms with Crippen molar-refractivity contribution < 1.29 is 4.79 Å². The predicted octanol–water partition coefficient (Wildman–Crippen LogP) is 2.22. The first-order chi connectivity index (χ1) is 8.23. The summed E-state index contributed by atoms with van der Waals surface area (Å²) in [4.78, 5) is 14.4. The van der Waals surface area contributed by atoms with Gasteiger partial charge in [-0.1, -0.05) is 13.3 Å². The van der Waals surface area contributed by atoms with Gasteiger partial charge in [-0.3, -0.25) is 10.1 Å². The van der Waals surface area contributed by atoms with Gasteiger partial charge in [-0.25, -0.2) is 0 Å². The van der Waals surface area contributed by atoms with Crippen LogP contribution in [0.3, 0.4) is 0 Å². The number of nitrogens with one attached hydrogen (secondary N) is 1. The molecular weight excluding hydrogens is 232 g/mol. The largest absolute Gasteiger partial charge is 0.326 e. The molecule has 0 aromatic rings. The first-order valence-corrected chi connectivity index (χ1v) is 8.20. The van der Waals surface area contributed by atoms with E-state index in [1.54, 1.807) is 0 Å². The Bertz CT molecular complexity index is 279. The summed E-state index contributed by atoms with van der Waals surface area (Å²) in [6.07, 6.45) is 9.14. The highest BCUT2D eigenvalue weighted by Gasteiger charge is 2.58. The Balaban J connectivity index is 1.85. The summed E-state index contributed by atoms with van der Waals surface area (Å²) in [7, 11) is 0. The monoisotopic (exact) mass is 256 g/mol. The molecule has 2 fully saturated rings. The Morgan fingerprint density at radius 2 is 2.24 bits per heavy atom. The molecule has 98 valence electrons. The number of thioether (sulfide) groups is 1. The molecule has 1 N–H and O–H groups in total. The van der Waals surface area contributed by atoms with Crippen LogP contribution in [0.25, 0.3) is 0 Å². The van der Waals surface area contributed by atoms with Crippen molar-refractivity contribution in [1.82, 2.24) is 10.2 Å². The van der Waals surface area contributed by atoms with E-state index in [9.17, 15) is 4.79 Å². The quantitative estimate of drug-likeness (QED) is 0.709. The second-order valence-corrected chi connectivity index (χ2v) is 6.21. The molecule has 1 saturated heterocycles. The van der Waals surface area contributed by atoms with Gasteiger partial charge in [-0.15, -0.1) is 0 Å². The molecular formula is C13H24N2OS. The molecule has 1 amide bonds. The lowest BCUT2D eigenvalue weighted by atomic mass is 10.2. The topological polar surface area (TPSA) is 32.3 Å². The van der Waals surface area contributed by atoms with E-state index >= 15 is 0 Å². The first kappa shape index (κ1) is 13.2. The van der Waals surface area contributed by atoms with Crippen molar-refractivity contribution in [3.63, 3.8) is 0 Å². The van der Waals surface area contributed by atoms with Crippen LogP contribution in [0.1, 0.15) is 45.4 Å². The summed E-state index contributed by atoms with van der Waals surface area (Å²) in [5, 5.41) is 3.55. The molecule has 0 aromatic carbocycles. The van der Waals surface area contributed by atoms with E-state index < -0.39 is 0 Å². The molecule has 1 aliphatic carbocycles. The Hall–Kier alpha value is -0.220. The summed E-state index contributed by atoms with van der Waals surface area (Å²) in [5.74, 6) is 1.58. The van der Waals surface area contributed by atoms with Gasteiger partial charge in [0.1, 0.15) is 0 Å². The summed E-state index contributed by atoms with van der Waals surface area (Å²) in [6, 6.07) is 0. The fraction of sp³-hybridized carbons (Fsp3) is 0.923. The third-order valence-electron chi connectivity index (χ3n) is 3.80. The molecule has 1 atom stereocenters. The number of nitrogens with zero attached hydrogens (tertiary/aromatic N) is 1. The first-order valence-electron chi connectivity index (χ1n) is 6.81. The van der Waals surface area contributed by atoms with Crippen LogP contribution in [-0.2, 0) is 4.79 Å². The highest BCUT2D eigenvalue weighted by atomic mass is 32.2. The molecule has 1 spiro atoms. The van der Waals surface area contributed by atoms with E-state index in [0.29, 0.717) is 12.1 Å². The molecule has 1 saturated carbocycles. The van der Waals surface area contributed by atoms with Crippen molar-refractivity contribution in [2.24, 2.45) is 0 Å². The standard InChI is InChI=1S/C13H24N2OS/c1-3-6-11-14-13(7-8-13)12(16)15(11)9-4-5-10-17-2/h11,14H,3-10H2,1-2H3. The maximum atomic E-state index is 12.3. The van der Waals surface area contributed by atoms with Gasteiger partial charge < -0.3 is 4.90 Å². The molecule has 0 aromatic heterocycles. The van der Waals surface area contributed by atoms with Crippen molar-refractivity contribution in [3.05, 3.63) is 0 Å². The minimum absolute atomic E-state index is 0.126. The Labute approximate surface area is 109 Å². The van der Waals surface area contributed by atoms with Gasteiger partial charge >= 0.3 is 0 Å². The molecule has 0 bridgehead atoms. The van der Waals surface area contributed by atoms with Crippen molar-refractivity contribution >= 4 is 17.7 Å². The lowest BCUT2D eigenvalue weighted by molar-refractivity contribution is -0.130. The smallest absolute Gasteiger partial charge is 0.244 e. The normalized spacial score (nSPS) is 25.9. The fourth-order valence-electron chi connectivity index (χ4n) is 2.65. The average molecular weight is 256 g/mol. The zero-order valence-electron chi connectivity index (χ0n) is 11.0. The SMILES string of the molecule is CCCC1NC2(CC2)C(=O)N1CCCCSC. The highest BCUT2D eigenvalue weighted by Crippen LogP contribution is 2.42. The van der Waals surface area contributed by atoms with E-state index in [-0.39, 0.29) is 5.54 Å². The van der Waals surface area contributed by atoms with Gasteiger partial charge in [0.15, 0.2) is 0 Å². The van der Waals surface area contributed by atoms with Crippen LogP contribution in [0.4, 0.5) is 0 Å². The van der Waals surface area contributed by atoms with Crippen LogP contribution in [-0.4, -0.2) is 41.1 Å². The lowest BCUT2D eigenvalue weighted by Gasteiger charge is -2.23. The third kappa shape index (κ3) is 2.79. The lowest BCUT2D eigenvalue weighted by Crippen LogP contribution is -2.37. The molecule has 2 rings (SSSR count). The van der Waals surface area contributed by atoms with Crippen LogP contribution in [0.2, 0.25) is 0 Å². The molecule has 4 heteroatoms. The minimum atomic E-state index is -0.126. The van der Waals surface area contributed by atoms with Crippen molar-refractivity contribution in [1.29, 1.82) is 0 Å². The zero-order chi connectivity index (χ0) is 12.3. The molecule has 0 radical (unpaired) electrons. The van der Waals surface area contributed by atoms with Crippen LogP contribution in [0.5, 0.6) is 0 Å². The summed E-state index contributed by atoms with van der Waals surface area (Å²) < 4.78 is 0. The minimum Gasteiger partial charge on any atom is -0.326 e. The van der Waals surface area contributed by atoms with Crippen LogP contribution in [0, 0.1) is 0 Å². The number of carbonyl (C=O) groups excluding carboxylic acids is 1. The maximum absolute atomic E-state index is 12.3. The van der Waals surface area contributed by atoms with E-state index in [1.807, 2.05) is 11.8 Å². The van der Waals surface area contributed by atoms with Crippen LogP contribution in [0.15, 0.2) is 0 Å². The van der Waals surface area contributed by atoms with Crippen LogP contribution < -0.4 is 5.32 Å². The van der Waals surface area contributed by atoms with E-state index in [0.717, 1.165) is 38.6 Å². The van der Waals surface area contributed by atoms with Crippen LogP contribution >= 0.6 is 11.8 Å². The van der Waals surface area contributed by atoms with Crippen molar-refractivity contribution in [2.75, 3.05) is 18.6 Å². The van der Waals surface area contributed by atoms with E-state index in [2.05, 4.69) is 23.4 Å². The second kappa shape index (κ2) is 5.61. The number of rotatable bonds is 7. The number of hydrogen-bond donors (Lipinski definition) is 1. The van der Waals surface area contributed by atoms with Gasteiger partial charge in [-0.2, -0.15) is 11.8 Å². The van der Waals surface area contributed by atoms with Crippen molar-refractivity contribution in [2.45, 2.75) is 57.2 Å². The molecule has 3 nitrogen and oxygen atoms in total. The molecule has 1 aliphatic heterocycles. The summed E-state index contributed by atoms with van der Waals surface area (Å²) in [5.41, 5.74) is -0.126. The summed E-state index contributed by atoms with van der Waals surface area (Å²) in [6.45, 7) is 3.13. The number of carbonyl (C=O) groups is 1. The maximum Gasteiger partial charge on any atom is 0.244 e. The van der Waals surface area contributed by atoms with E-state index in [1.165, 1.54) is 12.2 Å². The average Bonchev–Trinajstić information content (AvgIpc) is 3.04. The van der Waals surface area contributed by atoms with Gasteiger partial charge in [0, 0.05) is 6.54 Å². The third-order valence-corrected chi connectivity index (χ3v) is 4.50. The number of unbranched alkanes of at least 4 members (excludes halogenated alkanes) is 1. The Morgan fingerprint density at radius 1 is 1.47 bits per heavy atom. The van der Waals surface area contributed by atoms with Gasteiger partial charge in [-0.05, 0) is 44.1 Å². The Kier molecular flexibility index (Phi) is 4.36. The molecule has 1 heterocycles. The molecule has 2 aliphatic rings. The second-order valence-electron chi connectivity index (χ2n) is 5.23. The molecule has 1 unspecified atom stereocenters. The van der Waals surface area contributed by atoms with Gasteiger partial charge in [0.2, 0.25) is 5.91 Å². The number of hydrogen-bond acceptors (Lipinski definition) is 3. The van der Waals surface area contributed by atoms with E-state index in [4.69, 9.17) is 0 Å².